The second kappa shape index (κ2) is 10.2. The summed E-state index contributed by atoms with van der Waals surface area (Å²) in [6.45, 7) is 3.54. The highest BCUT2D eigenvalue weighted by Crippen LogP contribution is 2.20. The van der Waals surface area contributed by atoms with Crippen LogP contribution in [0.3, 0.4) is 0 Å². The number of nitrogens with one attached hydrogen (secondary N) is 1. The van der Waals surface area contributed by atoms with E-state index in [9.17, 15) is 18.0 Å². The van der Waals surface area contributed by atoms with Gasteiger partial charge in [-0.1, -0.05) is 55.0 Å². The smallest absolute Gasteiger partial charge is 0.244 e. The molecule has 0 bridgehead atoms. The fourth-order valence-electron chi connectivity index (χ4n) is 3.19. The molecule has 0 saturated carbocycles. The Bertz CT molecular complexity index is 960. The standard InChI is InChI=1S/C22H29N3O4S/c1-5-20(22(27)23-3)24(15-18-9-7-6-8-10-18)21(26)16-25(30(4,28)29)19-13-11-17(2)12-14-19/h6-14,20H,5,15-16H2,1-4H3,(H,23,27)/t20-/m1/s1. The number of carbonyl (C=O) groups excluding carboxylic acids is 2. The summed E-state index contributed by atoms with van der Waals surface area (Å²) in [5.74, 6) is -0.733. The Hall–Kier alpha value is -2.87. The van der Waals surface area contributed by atoms with Gasteiger partial charge in [0.2, 0.25) is 21.8 Å². The van der Waals surface area contributed by atoms with Crippen LogP contribution in [0, 0.1) is 6.92 Å². The van der Waals surface area contributed by atoms with Crippen LogP contribution in [0.2, 0.25) is 0 Å². The summed E-state index contributed by atoms with van der Waals surface area (Å²) in [5, 5.41) is 2.59. The zero-order chi connectivity index (χ0) is 22.3. The van der Waals surface area contributed by atoms with Gasteiger partial charge < -0.3 is 10.2 Å². The van der Waals surface area contributed by atoms with Crippen LogP contribution >= 0.6 is 0 Å². The molecule has 0 aliphatic carbocycles. The van der Waals surface area contributed by atoms with Gasteiger partial charge in [-0.2, -0.15) is 0 Å². The van der Waals surface area contributed by atoms with Gasteiger partial charge in [-0.05, 0) is 31.0 Å². The number of amides is 2. The maximum atomic E-state index is 13.3. The highest BCUT2D eigenvalue weighted by atomic mass is 32.2. The summed E-state index contributed by atoms with van der Waals surface area (Å²) >= 11 is 0. The van der Waals surface area contributed by atoms with E-state index in [2.05, 4.69) is 5.32 Å². The maximum Gasteiger partial charge on any atom is 0.244 e. The first kappa shape index (κ1) is 23.4. The maximum absolute atomic E-state index is 13.3. The van der Waals surface area contributed by atoms with Gasteiger partial charge in [0.25, 0.3) is 0 Å². The molecule has 0 fully saturated rings. The molecule has 2 amide bonds. The minimum Gasteiger partial charge on any atom is -0.357 e. The molecule has 7 nitrogen and oxygen atoms in total. The predicted molar refractivity (Wildman–Crippen MR) is 119 cm³/mol. The second-order valence-electron chi connectivity index (χ2n) is 7.15. The van der Waals surface area contributed by atoms with Crippen molar-refractivity contribution in [1.82, 2.24) is 10.2 Å². The molecule has 1 atom stereocenters. The molecule has 8 heteroatoms. The first-order chi connectivity index (χ1) is 14.2. The van der Waals surface area contributed by atoms with Crippen LogP contribution in [0.4, 0.5) is 5.69 Å². The lowest BCUT2D eigenvalue weighted by atomic mass is 10.1. The second-order valence-corrected chi connectivity index (χ2v) is 9.06. The van der Waals surface area contributed by atoms with Gasteiger partial charge >= 0.3 is 0 Å². The van der Waals surface area contributed by atoms with Gasteiger partial charge in [0.1, 0.15) is 12.6 Å². The lowest BCUT2D eigenvalue weighted by Gasteiger charge is -2.32. The number of nitrogens with zero attached hydrogens (tertiary/aromatic N) is 2. The van der Waals surface area contributed by atoms with Gasteiger partial charge in [-0.15, -0.1) is 0 Å². The molecule has 0 saturated heterocycles. The van der Waals surface area contributed by atoms with E-state index in [0.29, 0.717) is 12.1 Å². The van der Waals surface area contributed by atoms with Gasteiger partial charge in [0, 0.05) is 13.6 Å². The van der Waals surface area contributed by atoms with E-state index < -0.39 is 22.0 Å². The number of rotatable bonds is 9. The van der Waals surface area contributed by atoms with Crippen molar-refractivity contribution in [2.24, 2.45) is 0 Å². The van der Waals surface area contributed by atoms with E-state index in [1.54, 1.807) is 24.3 Å². The number of anilines is 1. The van der Waals surface area contributed by atoms with Crippen molar-refractivity contribution >= 4 is 27.5 Å². The lowest BCUT2D eigenvalue weighted by molar-refractivity contribution is -0.140. The Labute approximate surface area is 178 Å². The van der Waals surface area contributed by atoms with Crippen molar-refractivity contribution in [1.29, 1.82) is 0 Å². The molecule has 0 aromatic heterocycles. The Morgan fingerprint density at radius 2 is 1.63 bits per heavy atom. The summed E-state index contributed by atoms with van der Waals surface area (Å²) in [7, 11) is -2.19. The average molecular weight is 432 g/mol. The summed E-state index contributed by atoms with van der Waals surface area (Å²) in [5.41, 5.74) is 2.24. The first-order valence-electron chi connectivity index (χ1n) is 9.76. The van der Waals surface area contributed by atoms with Crippen molar-refractivity contribution in [2.45, 2.75) is 32.9 Å². The molecule has 162 valence electrons. The summed E-state index contributed by atoms with van der Waals surface area (Å²) < 4.78 is 25.9. The van der Waals surface area contributed by atoms with Crippen LogP contribution in [0.15, 0.2) is 54.6 Å². The fraction of sp³-hybridized carbons (Fsp3) is 0.364. The zero-order valence-corrected chi connectivity index (χ0v) is 18.6. The van der Waals surface area contributed by atoms with E-state index in [0.717, 1.165) is 21.7 Å². The van der Waals surface area contributed by atoms with Gasteiger partial charge in [0.05, 0.1) is 11.9 Å². The third-order valence-electron chi connectivity index (χ3n) is 4.83. The van der Waals surface area contributed by atoms with Crippen LogP contribution in [-0.2, 0) is 26.2 Å². The van der Waals surface area contributed by atoms with Crippen molar-refractivity contribution in [3.8, 4) is 0 Å². The number of likely N-dealkylation sites (N-methyl/N-ethyl adjacent to an activating group) is 1. The van der Waals surface area contributed by atoms with Crippen molar-refractivity contribution in [3.63, 3.8) is 0 Å². The van der Waals surface area contributed by atoms with Crippen LogP contribution in [0.1, 0.15) is 24.5 Å². The minimum absolute atomic E-state index is 0.205. The van der Waals surface area contributed by atoms with E-state index in [1.807, 2.05) is 44.2 Å². The largest absolute Gasteiger partial charge is 0.357 e. The Kier molecular flexibility index (Phi) is 8.00. The molecule has 0 heterocycles. The summed E-state index contributed by atoms with van der Waals surface area (Å²) in [4.78, 5) is 27.2. The van der Waals surface area contributed by atoms with E-state index >= 15 is 0 Å². The number of hydrogen-bond acceptors (Lipinski definition) is 4. The zero-order valence-electron chi connectivity index (χ0n) is 17.8. The monoisotopic (exact) mass is 431 g/mol. The quantitative estimate of drug-likeness (QED) is 0.660. The number of sulfonamides is 1. The molecular weight excluding hydrogens is 402 g/mol. The highest BCUT2D eigenvalue weighted by molar-refractivity contribution is 7.92. The molecule has 2 aromatic rings. The van der Waals surface area contributed by atoms with Crippen LogP contribution in [0.25, 0.3) is 0 Å². The predicted octanol–water partition coefficient (Wildman–Crippen LogP) is 2.31. The van der Waals surface area contributed by atoms with E-state index in [4.69, 9.17) is 0 Å². The first-order valence-corrected chi connectivity index (χ1v) is 11.6. The molecule has 2 rings (SSSR count). The molecule has 0 unspecified atom stereocenters. The molecular formula is C22H29N3O4S. The molecule has 2 aromatic carbocycles. The Balaban J connectivity index is 2.39. The third-order valence-corrected chi connectivity index (χ3v) is 5.97. The van der Waals surface area contributed by atoms with Crippen molar-refractivity contribution in [2.75, 3.05) is 24.2 Å². The number of benzene rings is 2. The molecule has 0 spiro atoms. The number of aryl methyl sites for hydroxylation is 1. The van der Waals surface area contributed by atoms with Crippen LogP contribution in [0.5, 0.6) is 0 Å². The van der Waals surface area contributed by atoms with Gasteiger partial charge in [0.15, 0.2) is 0 Å². The molecule has 30 heavy (non-hydrogen) atoms. The lowest BCUT2D eigenvalue weighted by Crippen LogP contribution is -2.51. The number of hydrogen-bond donors (Lipinski definition) is 1. The van der Waals surface area contributed by atoms with Crippen molar-refractivity contribution in [3.05, 3.63) is 65.7 Å². The third kappa shape index (κ3) is 6.06. The topological polar surface area (TPSA) is 86.8 Å². The SMILES string of the molecule is CC[C@H](C(=O)NC)N(Cc1ccccc1)C(=O)CN(c1ccc(C)cc1)S(C)(=O)=O. The number of carbonyl (C=O) groups is 2. The average Bonchev–Trinajstić information content (AvgIpc) is 2.72. The van der Waals surface area contributed by atoms with Crippen molar-refractivity contribution < 1.29 is 18.0 Å². The summed E-state index contributed by atoms with van der Waals surface area (Å²) in [6.07, 6.45) is 1.47. The minimum atomic E-state index is -3.71. The molecule has 0 radical (unpaired) electrons. The van der Waals surface area contributed by atoms with Crippen LogP contribution < -0.4 is 9.62 Å². The van der Waals surface area contributed by atoms with Gasteiger partial charge in [-0.25, -0.2) is 8.42 Å². The normalized spacial score (nSPS) is 12.1. The Morgan fingerprint density at radius 3 is 2.13 bits per heavy atom. The molecule has 0 aliphatic heterocycles. The van der Waals surface area contributed by atoms with E-state index in [1.165, 1.54) is 11.9 Å². The van der Waals surface area contributed by atoms with E-state index in [-0.39, 0.29) is 19.0 Å². The van der Waals surface area contributed by atoms with Gasteiger partial charge in [-0.3, -0.25) is 13.9 Å². The fourth-order valence-corrected chi connectivity index (χ4v) is 4.04. The molecule has 1 N–H and O–H groups in total. The summed E-state index contributed by atoms with van der Waals surface area (Å²) in [6, 6.07) is 15.5. The highest BCUT2D eigenvalue weighted by Gasteiger charge is 2.31. The molecule has 0 aliphatic rings. The Morgan fingerprint density at radius 1 is 1.03 bits per heavy atom. The van der Waals surface area contributed by atoms with Crippen LogP contribution in [-0.4, -0.2) is 51.0 Å².